The number of unbranched alkanes of at least 4 members (excludes halogenated alkanes) is 6. The highest BCUT2D eigenvalue weighted by atomic mass is 16.5. The first-order valence-corrected chi connectivity index (χ1v) is 8.93. The SMILES string of the molecule is CCCCCCCCC(CCC(=O)OCCCC)N(C)C. The minimum atomic E-state index is -0.0294. The van der Waals surface area contributed by atoms with E-state index in [0.717, 1.165) is 19.3 Å². The molecule has 0 bridgehead atoms. The summed E-state index contributed by atoms with van der Waals surface area (Å²) in [5, 5.41) is 0. The van der Waals surface area contributed by atoms with Crippen LogP contribution in [0.25, 0.3) is 0 Å². The molecule has 1 unspecified atom stereocenters. The van der Waals surface area contributed by atoms with Gasteiger partial charge in [-0.15, -0.1) is 0 Å². The fourth-order valence-electron chi connectivity index (χ4n) is 2.51. The minimum absolute atomic E-state index is 0.0294. The minimum Gasteiger partial charge on any atom is -0.466 e. The number of hydrogen-bond acceptors (Lipinski definition) is 3. The average molecular weight is 299 g/mol. The van der Waals surface area contributed by atoms with Crippen molar-refractivity contribution in [1.29, 1.82) is 0 Å². The number of carbonyl (C=O) groups is 1. The quantitative estimate of drug-likeness (QED) is 0.341. The maximum Gasteiger partial charge on any atom is 0.305 e. The van der Waals surface area contributed by atoms with Crippen LogP contribution in [-0.2, 0) is 9.53 Å². The molecule has 3 heteroatoms. The smallest absolute Gasteiger partial charge is 0.305 e. The zero-order chi connectivity index (χ0) is 15.9. The molecule has 126 valence electrons. The van der Waals surface area contributed by atoms with E-state index < -0.39 is 0 Å². The first-order valence-electron chi connectivity index (χ1n) is 8.93. The summed E-state index contributed by atoms with van der Waals surface area (Å²) in [4.78, 5) is 13.9. The number of esters is 1. The van der Waals surface area contributed by atoms with Gasteiger partial charge in [0, 0.05) is 12.5 Å². The molecule has 0 heterocycles. The van der Waals surface area contributed by atoms with E-state index in [4.69, 9.17) is 4.74 Å². The zero-order valence-corrected chi connectivity index (χ0v) is 14.8. The lowest BCUT2D eigenvalue weighted by Crippen LogP contribution is -2.28. The fraction of sp³-hybridized carbons (Fsp3) is 0.944. The topological polar surface area (TPSA) is 29.5 Å². The number of rotatable bonds is 14. The van der Waals surface area contributed by atoms with Crippen molar-refractivity contribution in [2.45, 2.75) is 90.5 Å². The molecule has 0 N–H and O–H groups in total. The van der Waals surface area contributed by atoms with Gasteiger partial charge in [0.05, 0.1) is 6.61 Å². The van der Waals surface area contributed by atoms with Crippen molar-refractivity contribution in [1.82, 2.24) is 4.90 Å². The van der Waals surface area contributed by atoms with Gasteiger partial charge in [-0.2, -0.15) is 0 Å². The van der Waals surface area contributed by atoms with Crippen molar-refractivity contribution in [3.05, 3.63) is 0 Å². The lowest BCUT2D eigenvalue weighted by Gasteiger charge is -2.24. The third kappa shape index (κ3) is 12.9. The van der Waals surface area contributed by atoms with Gasteiger partial charge in [0.15, 0.2) is 0 Å². The van der Waals surface area contributed by atoms with Crippen LogP contribution in [0.4, 0.5) is 0 Å². The van der Waals surface area contributed by atoms with Gasteiger partial charge in [0.25, 0.3) is 0 Å². The molecule has 1 atom stereocenters. The van der Waals surface area contributed by atoms with Gasteiger partial charge in [-0.05, 0) is 33.4 Å². The van der Waals surface area contributed by atoms with Gasteiger partial charge in [0.1, 0.15) is 0 Å². The van der Waals surface area contributed by atoms with E-state index in [-0.39, 0.29) is 5.97 Å². The standard InChI is InChI=1S/C18H37NO2/c1-5-7-9-10-11-12-13-17(19(3)4)14-15-18(20)21-16-8-6-2/h17H,5-16H2,1-4H3. The molecular weight excluding hydrogens is 262 g/mol. The second-order valence-corrected chi connectivity index (χ2v) is 6.29. The molecule has 0 radical (unpaired) electrons. The Labute approximate surface area is 132 Å². The lowest BCUT2D eigenvalue weighted by molar-refractivity contribution is -0.144. The molecule has 3 nitrogen and oxygen atoms in total. The Morgan fingerprint density at radius 2 is 1.52 bits per heavy atom. The van der Waals surface area contributed by atoms with E-state index >= 15 is 0 Å². The van der Waals surface area contributed by atoms with Crippen molar-refractivity contribution in [3.63, 3.8) is 0 Å². The molecule has 21 heavy (non-hydrogen) atoms. The van der Waals surface area contributed by atoms with E-state index in [1.54, 1.807) is 0 Å². The summed E-state index contributed by atoms with van der Waals surface area (Å²) in [7, 11) is 4.23. The van der Waals surface area contributed by atoms with Crippen LogP contribution in [0, 0.1) is 0 Å². The van der Waals surface area contributed by atoms with Gasteiger partial charge in [-0.3, -0.25) is 4.79 Å². The summed E-state index contributed by atoms with van der Waals surface area (Å²) in [6.45, 7) is 4.94. The molecule has 0 aromatic heterocycles. The summed E-state index contributed by atoms with van der Waals surface area (Å²) in [5.74, 6) is -0.0294. The van der Waals surface area contributed by atoms with E-state index in [0.29, 0.717) is 19.1 Å². The summed E-state index contributed by atoms with van der Waals surface area (Å²) >= 11 is 0. The molecule has 0 aromatic carbocycles. The van der Waals surface area contributed by atoms with E-state index in [1.165, 1.54) is 44.9 Å². The number of hydrogen-bond donors (Lipinski definition) is 0. The highest BCUT2D eigenvalue weighted by Gasteiger charge is 2.13. The normalized spacial score (nSPS) is 12.6. The van der Waals surface area contributed by atoms with Crippen molar-refractivity contribution in [2.24, 2.45) is 0 Å². The molecule has 0 saturated carbocycles. The van der Waals surface area contributed by atoms with Gasteiger partial charge in [0.2, 0.25) is 0 Å². The second kappa shape index (κ2) is 14.4. The largest absolute Gasteiger partial charge is 0.466 e. The Bertz CT molecular complexity index is 241. The van der Waals surface area contributed by atoms with Gasteiger partial charge in [-0.1, -0.05) is 58.8 Å². The molecular formula is C18H37NO2. The Kier molecular flexibility index (Phi) is 14.0. The third-order valence-corrected chi connectivity index (χ3v) is 4.06. The van der Waals surface area contributed by atoms with Crippen molar-refractivity contribution in [3.8, 4) is 0 Å². The molecule has 0 aliphatic rings. The Balaban J connectivity index is 3.74. The van der Waals surface area contributed by atoms with Crippen LogP contribution in [0.3, 0.4) is 0 Å². The average Bonchev–Trinajstić information content (AvgIpc) is 2.45. The molecule has 0 aromatic rings. The van der Waals surface area contributed by atoms with Crippen molar-refractivity contribution in [2.75, 3.05) is 20.7 Å². The van der Waals surface area contributed by atoms with E-state index in [2.05, 4.69) is 32.8 Å². The Morgan fingerprint density at radius 3 is 2.14 bits per heavy atom. The van der Waals surface area contributed by atoms with E-state index in [9.17, 15) is 4.79 Å². The summed E-state index contributed by atoms with van der Waals surface area (Å²) in [6.07, 6.45) is 12.7. The lowest BCUT2D eigenvalue weighted by atomic mass is 10.0. The van der Waals surface area contributed by atoms with Crippen molar-refractivity contribution >= 4 is 5.97 Å². The Morgan fingerprint density at radius 1 is 0.905 bits per heavy atom. The monoisotopic (exact) mass is 299 g/mol. The van der Waals surface area contributed by atoms with Crippen LogP contribution in [0.2, 0.25) is 0 Å². The Hall–Kier alpha value is -0.570. The highest BCUT2D eigenvalue weighted by molar-refractivity contribution is 5.69. The molecule has 0 aliphatic carbocycles. The molecule has 0 fully saturated rings. The van der Waals surface area contributed by atoms with E-state index in [1.807, 2.05) is 0 Å². The number of carbonyl (C=O) groups excluding carboxylic acids is 1. The van der Waals surface area contributed by atoms with Crippen molar-refractivity contribution < 1.29 is 9.53 Å². The van der Waals surface area contributed by atoms with Gasteiger partial charge < -0.3 is 9.64 Å². The predicted molar refractivity (Wildman–Crippen MR) is 90.6 cm³/mol. The fourth-order valence-corrected chi connectivity index (χ4v) is 2.51. The van der Waals surface area contributed by atoms with Crippen LogP contribution in [-0.4, -0.2) is 37.6 Å². The summed E-state index contributed by atoms with van der Waals surface area (Å²) < 4.78 is 5.23. The number of ether oxygens (including phenoxy) is 1. The zero-order valence-electron chi connectivity index (χ0n) is 14.8. The molecule has 0 amide bonds. The highest BCUT2D eigenvalue weighted by Crippen LogP contribution is 2.15. The first-order chi connectivity index (χ1) is 10.1. The van der Waals surface area contributed by atoms with Crippen LogP contribution in [0.5, 0.6) is 0 Å². The van der Waals surface area contributed by atoms with Gasteiger partial charge >= 0.3 is 5.97 Å². The van der Waals surface area contributed by atoms with Crippen LogP contribution in [0.15, 0.2) is 0 Å². The summed E-state index contributed by atoms with van der Waals surface area (Å²) in [5.41, 5.74) is 0. The van der Waals surface area contributed by atoms with Gasteiger partial charge in [-0.25, -0.2) is 0 Å². The molecule has 0 rings (SSSR count). The molecule has 0 aliphatic heterocycles. The van der Waals surface area contributed by atoms with Crippen LogP contribution < -0.4 is 0 Å². The predicted octanol–water partition coefficient (Wildman–Crippen LogP) is 4.79. The van der Waals surface area contributed by atoms with Crippen LogP contribution in [0.1, 0.15) is 84.5 Å². The first kappa shape index (κ1) is 20.4. The third-order valence-electron chi connectivity index (χ3n) is 4.06. The second-order valence-electron chi connectivity index (χ2n) is 6.29. The molecule has 0 saturated heterocycles. The molecule has 0 spiro atoms. The summed E-state index contributed by atoms with van der Waals surface area (Å²) in [6, 6.07) is 0.509. The van der Waals surface area contributed by atoms with Crippen LogP contribution >= 0.6 is 0 Å². The maximum absolute atomic E-state index is 11.7. The maximum atomic E-state index is 11.7. The number of nitrogens with zero attached hydrogens (tertiary/aromatic N) is 1.